The average molecular weight is 575 g/mol. The van der Waals surface area contributed by atoms with Crippen LogP contribution in [0.1, 0.15) is 25.0 Å². The van der Waals surface area contributed by atoms with E-state index in [0.717, 1.165) is 22.3 Å². The third-order valence-corrected chi connectivity index (χ3v) is 10.7. The Morgan fingerprint density at radius 3 is 1.84 bits per heavy atom. The molecule has 0 spiro atoms. The van der Waals surface area contributed by atoms with Crippen LogP contribution in [0.25, 0.3) is 56.4 Å². The average Bonchev–Trinajstić information content (AvgIpc) is 3.27. The molecule has 0 amide bonds. The van der Waals surface area contributed by atoms with E-state index in [9.17, 15) is 0 Å². The van der Waals surface area contributed by atoms with E-state index in [1.807, 2.05) is 12.1 Å². The van der Waals surface area contributed by atoms with Crippen molar-refractivity contribution in [3.63, 3.8) is 0 Å². The number of benzene rings is 4. The van der Waals surface area contributed by atoms with Crippen LogP contribution in [0, 0.1) is 0 Å². The number of rotatable bonds is 5. The second-order valence-corrected chi connectivity index (χ2v) is 18.0. The van der Waals surface area contributed by atoms with Gasteiger partial charge in [0.1, 0.15) is 0 Å². The molecule has 210 valence electrons. The standard InChI is InChI=1S/C38H34N4Si/c1-38(2)33-14-7-6-13-31(33)32-20-17-27(23-34(32)38)26-10-8-11-28(22-26)36-40-35(25-15-18-30(19-16-25)43(3,4)5)41-37(42-36)29-12-9-21-39-24-29/h6-24H,1-5H3. The number of aromatic nitrogens is 4. The molecule has 0 N–H and O–H groups in total. The summed E-state index contributed by atoms with van der Waals surface area (Å²) in [5.41, 5.74) is 10.5. The molecule has 0 atom stereocenters. The molecule has 6 aromatic rings. The van der Waals surface area contributed by atoms with Gasteiger partial charge in [-0.1, -0.05) is 118 Å². The molecule has 2 heterocycles. The van der Waals surface area contributed by atoms with Crippen molar-refractivity contribution in [2.45, 2.75) is 38.9 Å². The van der Waals surface area contributed by atoms with Gasteiger partial charge in [0.25, 0.3) is 0 Å². The molecule has 0 bridgehead atoms. The van der Waals surface area contributed by atoms with Gasteiger partial charge in [0.2, 0.25) is 0 Å². The van der Waals surface area contributed by atoms with Gasteiger partial charge in [0, 0.05) is 34.5 Å². The zero-order valence-electron chi connectivity index (χ0n) is 25.3. The first kappa shape index (κ1) is 27.1. The molecule has 43 heavy (non-hydrogen) atoms. The first-order valence-corrected chi connectivity index (χ1v) is 18.3. The van der Waals surface area contributed by atoms with Crippen molar-refractivity contribution in [3.05, 3.63) is 127 Å². The van der Waals surface area contributed by atoms with E-state index in [4.69, 9.17) is 15.0 Å². The fraction of sp³-hybridized carbons (Fsp3) is 0.158. The van der Waals surface area contributed by atoms with Crippen LogP contribution in [0.3, 0.4) is 0 Å². The van der Waals surface area contributed by atoms with Gasteiger partial charge in [-0.15, -0.1) is 0 Å². The van der Waals surface area contributed by atoms with Crippen LogP contribution >= 0.6 is 0 Å². The molecule has 2 aromatic heterocycles. The van der Waals surface area contributed by atoms with Crippen LogP contribution in [0.4, 0.5) is 0 Å². The molecule has 5 heteroatoms. The van der Waals surface area contributed by atoms with Gasteiger partial charge < -0.3 is 0 Å². The van der Waals surface area contributed by atoms with Gasteiger partial charge in [-0.3, -0.25) is 4.98 Å². The highest BCUT2D eigenvalue weighted by molar-refractivity contribution is 6.88. The molecule has 1 aliphatic rings. The lowest BCUT2D eigenvalue weighted by atomic mass is 9.81. The minimum atomic E-state index is -1.42. The zero-order chi connectivity index (χ0) is 29.8. The highest BCUT2D eigenvalue weighted by Crippen LogP contribution is 2.49. The van der Waals surface area contributed by atoms with Crippen molar-refractivity contribution in [1.29, 1.82) is 0 Å². The van der Waals surface area contributed by atoms with Crippen LogP contribution in [-0.4, -0.2) is 28.0 Å². The number of nitrogens with zero attached hydrogens (tertiary/aromatic N) is 4. The molecule has 0 unspecified atom stereocenters. The molecule has 0 radical (unpaired) electrons. The fourth-order valence-corrected chi connectivity index (χ4v) is 7.27. The van der Waals surface area contributed by atoms with Crippen LogP contribution in [0.2, 0.25) is 19.6 Å². The zero-order valence-corrected chi connectivity index (χ0v) is 26.3. The summed E-state index contributed by atoms with van der Waals surface area (Å²) >= 11 is 0. The smallest absolute Gasteiger partial charge is 0.165 e. The van der Waals surface area contributed by atoms with Crippen molar-refractivity contribution >= 4 is 13.3 Å². The summed E-state index contributed by atoms with van der Waals surface area (Å²) < 4.78 is 0. The van der Waals surface area contributed by atoms with Crippen molar-refractivity contribution < 1.29 is 0 Å². The summed E-state index contributed by atoms with van der Waals surface area (Å²) in [6.45, 7) is 11.7. The predicted octanol–water partition coefficient (Wildman–Crippen LogP) is 8.79. The fourth-order valence-electron chi connectivity index (χ4n) is 6.10. The Labute approximate surface area is 254 Å². The van der Waals surface area contributed by atoms with Gasteiger partial charge in [-0.25, -0.2) is 15.0 Å². The molecule has 4 nitrogen and oxygen atoms in total. The third kappa shape index (κ3) is 4.90. The Kier molecular flexibility index (Phi) is 6.44. The van der Waals surface area contributed by atoms with E-state index in [2.05, 4.69) is 129 Å². The lowest BCUT2D eigenvalue weighted by molar-refractivity contribution is 0.660. The van der Waals surface area contributed by atoms with Crippen molar-refractivity contribution in [2.75, 3.05) is 0 Å². The molecule has 0 saturated carbocycles. The molecule has 0 saturated heterocycles. The minimum absolute atomic E-state index is 0.0493. The molecular formula is C38H34N4Si. The van der Waals surface area contributed by atoms with Crippen LogP contribution < -0.4 is 5.19 Å². The van der Waals surface area contributed by atoms with E-state index in [-0.39, 0.29) is 5.41 Å². The number of fused-ring (bicyclic) bond motifs is 3. The van der Waals surface area contributed by atoms with E-state index < -0.39 is 8.07 Å². The molecular weight excluding hydrogens is 541 g/mol. The molecule has 4 aromatic carbocycles. The lowest BCUT2D eigenvalue weighted by Gasteiger charge is -2.22. The second-order valence-electron chi connectivity index (χ2n) is 12.9. The van der Waals surface area contributed by atoms with Gasteiger partial charge in [0.05, 0.1) is 8.07 Å². The Bertz CT molecular complexity index is 1970. The van der Waals surface area contributed by atoms with Gasteiger partial charge in [-0.2, -0.15) is 0 Å². The van der Waals surface area contributed by atoms with E-state index in [1.54, 1.807) is 12.4 Å². The second kappa shape index (κ2) is 10.2. The maximum atomic E-state index is 5.00. The molecule has 0 aliphatic heterocycles. The predicted molar refractivity (Wildman–Crippen MR) is 180 cm³/mol. The van der Waals surface area contributed by atoms with E-state index in [1.165, 1.54) is 33.0 Å². The SMILES string of the molecule is CC1(C)c2ccccc2-c2ccc(-c3cccc(-c4nc(-c5ccc([Si](C)(C)C)cc5)nc(-c5cccnc5)n4)c3)cc21. The highest BCUT2D eigenvalue weighted by Gasteiger charge is 2.35. The Morgan fingerprint density at radius 2 is 1.12 bits per heavy atom. The number of hydrogen-bond acceptors (Lipinski definition) is 4. The summed E-state index contributed by atoms with van der Waals surface area (Å²) in [6, 6.07) is 36.8. The molecule has 1 aliphatic carbocycles. The Morgan fingerprint density at radius 1 is 0.512 bits per heavy atom. The minimum Gasteiger partial charge on any atom is -0.264 e. The van der Waals surface area contributed by atoms with Gasteiger partial charge in [-0.05, 0) is 57.6 Å². The van der Waals surface area contributed by atoms with Crippen molar-refractivity contribution in [3.8, 4) is 56.4 Å². The maximum Gasteiger partial charge on any atom is 0.165 e. The van der Waals surface area contributed by atoms with Crippen LogP contribution in [0.5, 0.6) is 0 Å². The monoisotopic (exact) mass is 574 g/mol. The van der Waals surface area contributed by atoms with E-state index >= 15 is 0 Å². The van der Waals surface area contributed by atoms with Crippen molar-refractivity contribution in [1.82, 2.24) is 19.9 Å². The quantitative estimate of drug-likeness (QED) is 0.193. The van der Waals surface area contributed by atoms with Crippen LogP contribution in [-0.2, 0) is 5.41 Å². The Hall–Kier alpha value is -4.74. The summed E-state index contributed by atoms with van der Waals surface area (Å²) in [5, 5.41) is 1.41. The maximum absolute atomic E-state index is 5.00. The summed E-state index contributed by atoms with van der Waals surface area (Å²) in [4.78, 5) is 19.2. The molecule has 7 rings (SSSR count). The Balaban J connectivity index is 1.32. The first-order chi connectivity index (χ1) is 20.7. The summed E-state index contributed by atoms with van der Waals surface area (Å²) in [6.07, 6.45) is 3.57. The number of pyridine rings is 1. The van der Waals surface area contributed by atoms with E-state index in [0.29, 0.717) is 17.5 Å². The first-order valence-electron chi connectivity index (χ1n) is 14.8. The van der Waals surface area contributed by atoms with Crippen molar-refractivity contribution in [2.24, 2.45) is 0 Å². The summed E-state index contributed by atoms with van der Waals surface area (Å²) in [7, 11) is -1.42. The largest absolute Gasteiger partial charge is 0.264 e. The number of hydrogen-bond donors (Lipinski definition) is 0. The normalized spacial score (nSPS) is 13.4. The summed E-state index contributed by atoms with van der Waals surface area (Å²) in [5.74, 6) is 1.92. The molecule has 0 fully saturated rings. The van der Waals surface area contributed by atoms with Crippen LogP contribution in [0.15, 0.2) is 116 Å². The third-order valence-electron chi connectivity index (χ3n) is 8.60. The van der Waals surface area contributed by atoms with Gasteiger partial charge in [0.15, 0.2) is 17.5 Å². The topological polar surface area (TPSA) is 51.6 Å². The highest BCUT2D eigenvalue weighted by atomic mass is 28.3. The van der Waals surface area contributed by atoms with Gasteiger partial charge >= 0.3 is 0 Å². The lowest BCUT2D eigenvalue weighted by Crippen LogP contribution is -2.37.